The van der Waals surface area contributed by atoms with Crippen molar-refractivity contribution in [2.24, 2.45) is 0 Å². The van der Waals surface area contributed by atoms with Crippen LogP contribution in [0, 0.1) is 0 Å². The van der Waals surface area contributed by atoms with Gasteiger partial charge in [0, 0.05) is 30.9 Å². The monoisotopic (exact) mass is 336 g/mol. The molecule has 1 fully saturated rings. The Balaban J connectivity index is 1.82. The van der Waals surface area contributed by atoms with Gasteiger partial charge in [0.1, 0.15) is 0 Å². The van der Waals surface area contributed by atoms with Gasteiger partial charge in [-0.3, -0.25) is 0 Å². The normalized spacial score (nSPS) is 17.3. The first kappa shape index (κ1) is 18.0. The molecule has 2 aromatic rings. The predicted octanol–water partition coefficient (Wildman–Crippen LogP) is 5.87. The molecule has 0 spiro atoms. The molecule has 134 valence electrons. The fourth-order valence-corrected chi connectivity index (χ4v) is 3.96. The van der Waals surface area contributed by atoms with E-state index < -0.39 is 0 Å². The zero-order chi connectivity index (χ0) is 17.5. The smallest absolute Gasteiger partial charge is 0.0414 e. The Kier molecular flexibility index (Phi) is 6.52. The molecule has 2 atom stereocenters. The summed E-state index contributed by atoms with van der Waals surface area (Å²) >= 11 is 0. The van der Waals surface area contributed by atoms with Crippen LogP contribution in [0.15, 0.2) is 54.6 Å². The van der Waals surface area contributed by atoms with E-state index in [1.807, 2.05) is 0 Å². The average molecular weight is 337 g/mol. The summed E-state index contributed by atoms with van der Waals surface area (Å²) in [4.78, 5) is 2.59. The first-order chi connectivity index (χ1) is 12.3. The molecule has 1 N–H and O–H groups in total. The van der Waals surface area contributed by atoms with Crippen molar-refractivity contribution >= 4 is 5.69 Å². The summed E-state index contributed by atoms with van der Waals surface area (Å²) in [6.45, 7) is 6.96. The Morgan fingerprint density at radius 3 is 2.32 bits per heavy atom. The molecule has 0 bridgehead atoms. The van der Waals surface area contributed by atoms with Crippen molar-refractivity contribution in [1.29, 1.82) is 0 Å². The highest BCUT2D eigenvalue weighted by atomic mass is 15.1. The second-order valence-corrected chi connectivity index (χ2v) is 7.25. The van der Waals surface area contributed by atoms with Crippen molar-refractivity contribution in [3.8, 4) is 0 Å². The maximum atomic E-state index is 3.90. The minimum Gasteiger partial charge on any atom is -0.371 e. The van der Waals surface area contributed by atoms with Gasteiger partial charge in [0.2, 0.25) is 0 Å². The minimum atomic E-state index is 0.354. The number of benzene rings is 2. The van der Waals surface area contributed by atoms with E-state index in [1.54, 1.807) is 0 Å². The maximum Gasteiger partial charge on any atom is 0.0414 e. The van der Waals surface area contributed by atoms with Gasteiger partial charge in [-0.05, 0) is 49.8 Å². The molecule has 25 heavy (non-hydrogen) atoms. The Morgan fingerprint density at radius 2 is 1.60 bits per heavy atom. The Morgan fingerprint density at radius 1 is 0.920 bits per heavy atom. The SMILES string of the molecule is CCC[C@@H](N[C@H](C)c1ccccc1)c1ccccc1N1CCCCC1. The third-order valence-corrected chi connectivity index (χ3v) is 5.34. The highest BCUT2D eigenvalue weighted by Crippen LogP contribution is 2.32. The quantitative estimate of drug-likeness (QED) is 0.680. The van der Waals surface area contributed by atoms with E-state index in [0.717, 1.165) is 0 Å². The molecular formula is C23H32N2. The Hall–Kier alpha value is -1.80. The molecule has 0 aromatic heterocycles. The molecule has 1 heterocycles. The van der Waals surface area contributed by atoms with Gasteiger partial charge in [0.15, 0.2) is 0 Å². The van der Waals surface area contributed by atoms with Gasteiger partial charge in [0.25, 0.3) is 0 Å². The molecule has 2 aromatic carbocycles. The zero-order valence-electron chi connectivity index (χ0n) is 15.7. The van der Waals surface area contributed by atoms with Crippen LogP contribution in [-0.4, -0.2) is 13.1 Å². The summed E-state index contributed by atoms with van der Waals surface area (Å²) in [7, 11) is 0. The maximum absolute atomic E-state index is 3.90. The lowest BCUT2D eigenvalue weighted by atomic mass is 9.96. The largest absolute Gasteiger partial charge is 0.371 e. The second-order valence-electron chi connectivity index (χ2n) is 7.25. The number of nitrogens with one attached hydrogen (secondary N) is 1. The lowest BCUT2D eigenvalue weighted by Gasteiger charge is -2.33. The van der Waals surface area contributed by atoms with Crippen molar-refractivity contribution in [2.45, 2.75) is 58.0 Å². The standard InChI is InChI=1S/C23H32N2/c1-3-12-22(24-19(2)20-13-6-4-7-14-20)21-15-8-9-16-23(21)25-17-10-5-11-18-25/h4,6-9,13-16,19,22,24H,3,5,10-12,17-18H2,1-2H3/t19-,22-/m1/s1. The topological polar surface area (TPSA) is 15.3 Å². The van der Waals surface area contributed by atoms with E-state index >= 15 is 0 Å². The summed E-state index contributed by atoms with van der Waals surface area (Å²) in [5.41, 5.74) is 4.27. The number of hydrogen-bond acceptors (Lipinski definition) is 2. The van der Waals surface area contributed by atoms with Crippen molar-refractivity contribution in [3.63, 3.8) is 0 Å². The summed E-state index contributed by atoms with van der Waals surface area (Å²) in [6.07, 6.45) is 6.37. The van der Waals surface area contributed by atoms with E-state index in [-0.39, 0.29) is 0 Å². The summed E-state index contributed by atoms with van der Waals surface area (Å²) in [5, 5.41) is 3.90. The van der Waals surface area contributed by atoms with Crippen molar-refractivity contribution in [2.75, 3.05) is 18.0 Å². The molecule has 0 amide bonds. The molecule has 0 saturated carbocycles. The number of piperidine rings is 1. The highest BCUT2D eigenvalue weighted by Gasteiger charge is 2.21. The van der Waals surface area contributed by atoms with Crippen molar-refractivity contribution in [3.05, 3.63) is 65.7 Å². The average Bonchev–Trinajstić information content (AvgIpc) is 2.69. The molecule has 0 radical (unpaired) electrons. The van der Waals surface area contributed by atoms with Crippen LogP contribution in [0.1, 0.15) is 69.2 Å². The van der Waals surface area contributed by atoms with Gasteiger partial charge in [-0.15, -0.1) is 0 Å². The molecule has 0 aliphatic carbocycles. The van der Waals surface area contributed by atoms with Gasteiger partial charge < -0.3 is 10.2 Å². The first-order valence-corrected chi connectivity index (χ1v) is 9.94. The Bertz CT molecular complexity index is 632. The van der Waals surface area contributed by atoms with Gasteiger partial charge in [-0.25, -0.2) is 0 Å². The highest BCUT2D eigenvalue weighted by molar-refractivity contribution is 5.55. The number of para-hydroxylation sites is 1. The van der Waals surface area contributed by atoms with Crippen molar-refractivity contribution in [1.82, 2.24) is 5.32 Å². The van der Waals surface area contributed by atoms with E-state index in [0.29, 0.717) is 12.1 Å². The summed E-state index contributed by atoms with van der Waals surface area (Å²) in [6, 6.07) is 20.6. The van der Waals surface area contributed by atoms with E-state index in [9.17, 15) is 0 Å². The first-order valence-electron chi connectivity index (χ1n) is 9.94. The number of anilines is 1. The van der Waals surface area contributed by atoms with Crippen molar-refractivity contribution < 1.29 is 0 Å². The zero-order valence-corrected chi connectivity index (χ0v) is 15.7. The van der Waals surface area contributed by atoms with Crippen LogP contribution in [0.2, 0.25) is 0 Å². The van der Waals surface area contributed by atoms with Crippen LogP contribution in [0.25, 0.3) is 0 Å². The van der Waals surface area contributed by atoms with Crippen LogP contribution in [0.4, 0.5) is 5.69 Å². The molecule has 1 saturated heterocycles. The summed E-state index contributed by atoms with van der Waals surface area (Å²) < 4.78 is 0. The van der Waals surface area contributed by atoms with Crippen LogP contribution in [0.3, 0.4) is 0 Å². The van der Waals surface area contributed by atoms with Crippen LogP contribution < -0.4 is 10.2 Å². The van der Waals surface area contributed by atoms with Crippen LogP contribution >= 0.6 is 0 Å². The number of nitrogens with zero attached hydrogens (tertiary/aromatic N) is 1. The third kappa shape index (κ3) is 4.64. The molecule has 0 unspecified atom stereocenters. The van der Waals surface area contributed by atoms with Gasteiger partial charge in [0.05, 0.1) is 0 Å². The molecule has 1 aliphatic rings. The molecule has 3 rings (SSSR count). The third-order valence-electron chi connectivity index (χ3n) is 5.34. The fraction of sp³-hybridized carbons (Fsp3) is 0.478. The number of rotatable bonds is 7. The Labute approximate surface area is 153 Å². The van der Waals surface area contributed by atoms with Gasteiger partial charge >= 0.3 is 0 Å². The summed E-state index contributed by atoms with van der Waals surface area (Å²) in [5.74, 6) is 0. The van der Waals surface area contributed by atoms with Crippen LogP contribution in [0.5, 0.6) is 0 Å². The minimum absolute atomic E-state index is 0.354. The van der Waals surface area contributed by atoms with E-state index in [1.165, 1.54) is 62.0 Å². The number of hydrogen-bond donors (Lipinski definition) is 1. The van der Waals surface area contributed by atoms with E-state index in [4.69, 9.17) is 0 Å². The van der Waals surface area contributed by atoms with Gasteiger partial charge in [-0.1, -0.05) is 61.9 Å². The predicted molar refractivity (Wildman–Crippen MR) is 108 cm³/mol. The lowest BCUT2D eigenvalue weighted by molar-refractivity contribution is 0.438. The molecule has 1 aliphatic heterocycles. The van der Waals surface area contributed by atoms with E-state index in [2.05, 4.69) is 78.7 Å². The molecular weight excluding hydrogens is 304 g/mol. The lowest BCUT2D eigenvalue weighted by Crippen LogP contribution is -2.32. The van der Waals surface area contributed by atoms with Gasteiger partial charge in [-0.2, -0.15) is 0 Å². The fourth-order valence-electron chi connectivity index (χ4n) is 3.96. The van der Waals surface area contributed by atoms with Crippen LogP contribution in [-0.2, 0) is 0 Å². The second kappa shape index (κ2) is 9.05. The molecule has 2 heteroatoms. The molecule has 2 nitrogen and oxygen atoms in total.